The number of carbonyl (C=O) groups is 2. The first-order valence-electron chi connectivity index (χ1n) is 11.2. The fraction of sp³-hybridized carbons (Fsp3) is 0.148. The van der Waals surface area contributed by atoms with Gasteiger partial charge in [0.25, 0.3) is 5.78 Å². The Morgan fingerprint density at radius 2 is 1.94 bits per heavy atom. The molecule has 0 aliphatic carbocycles. The monoisotopic (exact) mass is 522 g/mol. The average Bonchev–Trinajstić information content (AvgIpc) is 3.40. The molecule has 1 aliphatic rings. The summed E-state index contributed by atoms with van der Waals surface area (Å²) in [6.45, 7) is 2.45. The number of benzene rings is 3. The van der Waals surface area contributed by atoms with Crippen LogP contribution in [0.5, 0.6) is 5.75 Å². The molecule has 9 heteroatoms. The summed E-state index contributed by atoms with van der Waals surface area (Å²) in [5.74, 6) is -2.38. The van der Waals surface area contributed by atoms with Crippen molar-refractivity contribution in [2.45, 2.75) is 19.4 Å². The summed E-state index contributed by atoms with van der Waals surface area (Å²) >= 11 is 7.26. The highest BCUT2D eigenvalue weighted by Gasteiger charge is 2.49. The van der Waals surface area contributed by atoms with Crippen LogP contribution in [0.2, 0.25) is 5.02 Å². The Morgan fingerprint density at radius 3 is 2.72 bits per heavy atom. The van der Waals surface area contributed by atoms with Crippen LogP contribution in [-0.4, -0.2) is 28.4 Å². The van der Waals surface area contributed by atoms with Gasteiger partial charge in [0, 0.05) is 16.1 Å². The van der Waals surface area contributed by atoms with Gasteiger partial charge in [-0.25, -0.2) is 9.37 Å². The number of ketones is 1. The van der Waals surface area contributed by atoms with E-state index in [2.05, 4.69) is 4.98 Å². The van der Waals surface area contributed by atoms with Gasteiger partial charge in [0.15, 0.2) is 5.13 Å². The van der Waals surface area contributed by atoms with Crippen molar-refractivity contribution in [2.75, 3.05) is 11.5 Å². The molecule has 1 aromatic heterocycles. The largest absolute Gasteiger partial charge is 0.507 e. The van der Waals surface area contributed by atoms with Crippen LogP contribution in [-0.2, 0) is 9.59 Å². The molecule has 2 heterocycles. The van der Waals surface area contributed by atoms with Crippen LogP contribution in [0.4, 0.5) is 9.52 Å². The summed E-state index contributed by atoms with van der Waals surface area (Å²) < 4.78 is 21.4. The Kier molecular flexibility index (Phi) is 6.47. The maximum atomic E-state index is 15.1. The van der Waals surface area contributed by atoms with Crippen LogP contribution in [0.1, 0.15) is 30.5 Å². The number of hydrogen-bond acceptors (Lipinski definition) is 6. The van der Waals surface area contributed by atoms with Gasteiger partial charge in [-0.1, -0.05) is 60.2 Å². The zero-order chi connectivity index (χ0) is 25.4. The fourth-order valence-electron chi connectivity index (χ4n) is 4.12. The van der Waals surface area contributed by atoms with Crippen molar-refractivity contribution in [3.05, 3.63) is 94.3 Å². The van der Waals surface area contributed by atoms with Gasteiger partial charge in [-0.2, -0.15) is 0 Å². The Hall–Kier alpha value is -3.75. The summed E-state index contributed by atoms with van der Waals surface area (Å²) in [6, 6.07) is 16.3. The van der Waals surface area contributed by atoms with E-state index in [4.69, 9.17) is 16.3 Å². The fourth-order valence-corrected chi connectivity index (χ4v) is 5.39. The molecule has 0 radical (unpaired) electrons. The van der Waals surface area contributed by atoms with E-state index in [1.165, 1.54) is 18.2 Å². The van der Waals surface area contributed by atoms with E-state index in [-0.39, 0.29) is 21.8 Å². The van der Waals surface area contributed by atoms with Crippen molar-refractivity contribution in [3.8, 4) is 5.75 Å². The number of amides is 1. The second kappa shape index (κ2) is 9.72. The average molecular weight is 523 g/mol. The zero-order valence-electron chi connectivity index (χ0n) is 19.1. The van der Waals surface area contributed by atoms with Crippen LogP contribution >= 0.6 is 22.9 Å². The number of aliphatic hydroxyl groups excluding tert-OH is 1. The van der Waals surface area contributed by atoms with Gasteiger partial charge in [-0.05, 0) is 42.8 Å². The molecular formula is C27H20ClFN2O4S. The second-order valence-corrected chi connectivity index (χ2v) is 9.62. The Morgan fingerprint density at radius 1 is 1.14 bits per heavy atom. The van der Waals surface area contributed by atoms with Crippen molar-refractivity contribution >= 4 is 55.7 Å². The van der Waals surface area contributed by atoms with E-state index in [9.17, 15) is 14.7 Å². The maximum absolute atomic E-state index is 15.1. The molecule has 6 nitrogen and oxygen atoms in total. The smallest absolute Gasteiger partial charge is 0.301 e. The number of aliphatic hydroxyl groups is 1. The van der Waals surface area contributed by atoms with Crippen molar-refractivity contribution < 1.29 is 23.8 Å². The van der Waals surface area contributed by atoms with E-state index in [0.29, 0.717) is 27.6 Å². The minimum absolute atomic E-state index is 0.0638. The molecule has 1 saturated heterocycles. The molecule has 0 bridgehead atoms. The van der Waals surface area contributed by atoms with Crippen LogP contribution in [0, 0.1) is 5.82 Å². The number of thiazole rings is 1. The number of halogens is 2. The van der Waals surface area contributed by atoms with E-state index in [1.54, 1.807) is 48.5 Å². The lowest BCUT2D eigenvalue weighted by molar-refractivity contribution is -0.132. The highest BCUT2D eigenvalue weighted by molar-refractivity contribution is 7.22. The van der Waals surface area contributed by atoms with Gasteiger partial charge in [0.2, 0.25) is 0 Å². The molecule has 5 rings (SSSR count). The van der Waals surface area contributed by atoms with Gasteiger partial charge in [0.05, 0.1) is 22.4 Å². The first-order chi connectivity index (χ1) is 17.4. The number of hydrogen-bond donors (Lipinski definition) is 1. The number of ether oxygens (including phenoxy) is 1. The van der Waals surface area contributed by atoms with Crippen molar-refractivity contribution in [2.24, 2.45) is 0 Å². The summed E-state index contributed by atoms with van der Waals surface area (Å²) in [5, 5.41) is 12.0. The molecule has 182 valence electrons. The quantitative estimate of drug-likeness (QED) is 0.177. The standard InChI is InChI=1S/C27H20ClFN2O4S/c1-2-12-35-17-7-5-6-15(13-17)24(32)22-23(18-8-3-4-9-19(18)29)31(26(34)25(22)33)27-30-20-11-10-16(28)14-21(20)36-27/h3-11,13-14,23,32H,2,12H2,1H3/b24-22+. The van der Waals surface area contributed by atoms with Crippen LogP contribution in [0.15, 0.2) is 72.3 Å². The van der Waals surface area contributed by atoms with E-state index in [0.717, 1.165) is 22.7 Å². The number of Topliss-reactive ketones (excluding diaryl/α,β-unsaturated/α-hetero) is 1. The van der Waals surface area contributed by atoms with Gasteiger partial charge >= 0.3 is 5.91 Å². The molecule has 1 aliphatic heterocycles. The summed E-state index contributed by atoms with van der Waals surface area (Å²) in [5.41, 5.74) is 0.692. The minimum atomic E-state index is -1.22. The number of rotatable bonds is 6. The van der Waals surface area contributed by atoms with Crippen LogP contribution < -0.4 is 9.64 Å². The van der Waals surface area contributed by atoms with Gasteiger partial charge in [-0.3, -0.25) is 14.5 Å². The summed E-state index contributed by atoms with van der Waals surface area (Å²) in [6.07, 6.45) is 0.794. The molecule has 3 aromatic carbocycles. The van der Waals surface area contributed by atoms with Crippen molar-refractivity contribution in [1.82, 2.24) is 4.98 Å². The first-order valence-corrected chi connectivity index (χ1v) is 12.4. The third-order valence-electron chi connectivity index (χ3n) is 5.77. The van der Waals surface area contributed by atoms with Gasteiger partial charge in [-0.15, -0.1) is 0 Å². The molecule has 36 heavy (non-hydrogen) atoms. The van der Waals surface area contributed by atoms with Crippen LogP contribution in [0.3, 0.4) is 0 Å². The highest BCUT2D eigenvalue weighted by atomic mass is 35.5. The molecule has 1 fully saturated rings. The second-order valence-electron chi connectivity index (χ2n) is 8.18. The molecular weight excluding hydrogens is 503 g/mol. The minimum Gasteiger partial charge on any atom is -0.507 e. The van der Waals surface area contributed by atoms with Crippen LogP contribution in [0.25, 0.3) is 16.0 Å². The number of carbonyl (C=O) groups excluding carboxylic acids is 2. The lowest BCUT2D eigenvalue weighted by atomic mass is 9.95. The molecule has 1 unspecified atom stereocenters. The Labute approximate surface area is 215 Å². The Balaban J connectivity index is 1.70. The molecule has 1 atom stereocenters. The predicted octanol–water partition coefficient (Wildman–Crippen LogP) is 6.50. The number of anilines is 1. The summed E-state index contributed by atoms with van der Waals surface area (Å²) in [7, 11) is 0. The third-order valence-corrected chi connectivity index (χ3v) is 7.02. The predicted molar refractivity (Wildman–Crippen MR) is 138 cm³/mol. The molecule has 1 N–H and O–H groups in total. The Bertz CT molecular complexity index is 1530. The molecule has 1 amide bonds. The highest BCUT2D eigenvalue weighted by Crippen LogP contribution is 2.45. The number of fused-ring (bicyclic) bond motifs is 1. The van der Waals surface area contributed by atoms with E-state index < -0.39 is 29.3 Å². The lowest BCUT2D eigenvalue weighted by Crippen LogP contribution is -2.29. The van der Waals surface area contributed by atoms with Gasteiger partial charge < -0.3 is 9.84 Å². The topological polar surface area (TPSA) is 79.7 Å². The first kappa shape index (κ1) is 24.0. The SMILES string of the molecule is CCCOc1cccc(/C(O)=C2\C(=O)C(=O)N(c3nc4ccc(Cl)cc4s3)C2c2ccccc2F)c1. The molecule has 0 saturated carbocycles. The lowest BCUT2D eigenvalue weighted by Gasteiger charge is -2.23. The van der Waals surface area contributed by atoms with E-state index in [1.807, 2.05) is 6.92 Å². The molecule has 4 aromatic rings. The van der Waals surface area contributed by atoms with E-state index >= 15 is 4.39 Å². The van der Waals surface area contributed by atoms with Crippen molar-refractivity contribution in [1.29, 1.82) is 0 Å². The molecule has 0 spiro atoms. The van der Waals surface area contributed by atoms with Gasteiger partial charge in [0.1, 0.15) is 23.4 Å². The number of nitrogens with zero attached hydrogens (tertiary/aromatic N) is 2. The van der Waals surface area contributed by atoms with Crippen molar-refractivity contribution in [3.63, 3.8) is 0 Å². The summed E-state index contributed by atoms with van der Waals surface area (Å²) in [4.78, 5) is 32.3. The maximum Gasteiger partial charge on any atom is 0.301 e. The number of aromatic nitrogens is 1. The normalized spacial score (nSPS) is 17.2. The third kappa shape index (κ3) is 4.23. The zero-order valence-corrected chi connectivity index (χ0v) is 20.6.